The zero-order chi connectivity index (χ0) is 25.3. The summed E-state index contributed by atoms with van der Waals surface area (Å²) in [5.41, 5.74) is 2.11. The molecule has 2 aromatic carbocycles. The minimum atomic E-state index is -3.99. The van der Waals surface area contributed by atoms with Crippen LogP contribution in [0.4, 0.5) is 4.39 Å². The van der Waals surface area contributed by atoms with Gasteiger partial charge in [-0.1, -0.05) is 24.3 Å². The van der Waals surface area contributed by atoms with Crippen molar-refractivity contribution in [2.24, 2.45) is 0 Å². The number of aromatic nitrogens is 1. The highest BCUT2D eigenvalue weighted by Crippen LogP contribution is 2.30. The first-order chi connectivity index (χ1) is 17.4. The fraction of sp³-hybridized carbons (Fsp3) is 0.192. The monoisotopic (exact) mass is 504 g/mol. The summed E-state index contributed by atoms with van der Waals surface area (Å²) in [5.74, 6) is -1.04. The molecule has 0 spiro atoms. The number of nitrogens with one attached hydrogen (secondary N) is 1. The molecule has 1 atom stereocenters. The predicted octanol–water partition coefficient (Wildman–Crippen LogP) is 3.98. The summed E-state index contributed by atoms with van der Waals surface area (Å²) in [6.45, 7) is 0.364. The van der Waals surface area contributed by atoms with E-state index >= 15 is 0 Å². The number of carbonyl (C=O) groups is 1. The zero-order valence-electron chi connectivity index (χ0n) is 19.0. The summed E-state index contributed by atoms with van der Waals surface area (Å²) in [6, 6.07) is 17.1. The van der Waals surface area contributed by atoms with E-state index in [2.05, 4.69) is 10.3 Å². The number of furan rings is 1. The Morgan fingerprint density at radius 3 is 2.81 bits per heavy atom. The van der Waals surface area contributed by atoms with E-state index in [0.717, 1.165) is 0 Å². The SMILES string of the molecule is N#Cc1ccc(-c2cc(CNC(=O)C3CCCN3S(=O)(=O)c3cc4ccccc4o3)ccn2)cc1F. The number of nitriles is 1. The molecule has 0 radical (unpaired) electrons. The third-order valence-corrected chi connectivity index (χ3v) is 7.91. The number of pyridine rings is 1. The Labute approximate surface area is 207 Å². The highest BCUT2D eigenvalue weighted by Gasteiger charge is 2.41. The lowest BCUT2D eigenvalue weighted by Crippen LogP contribution is -2.45. The number of hydrogen-bond donors (Lipinski definition) is 1. The maximum absolute atomic E-state index is 14.0. The molecule has 182 valence electrons. The van der Waals surface area contributed by atoms with Crippen LogP contribution in [0.2, 0.25) is 0 Å². The van der Waals surface area contributed by atoms with Crippen LogP contribution in [0, 0.1) is 17.1 Å². The summed E-state index contributed by atoms with van der Waals surface area (Å²) < 4.78 is 47.3. The van der Waals surface area contributed by atoms with Crippen molar-refractivity contribution in [3.63, 3.8) is 0 Å². The Hall–Kier alpha value is -4.07. The highest BCUT2D eigenvalue weighted by molar-refractivity contribution is 7.89. The lowest BCUT2D eigenvalue weighted by Gasteiger charge is -2.22. The van der Waals surface area contributed by atoms with Gasteiger partial charge in [0.25, 0.3) is 10.0 Å². The van der Waals surface area contributed by atoms with Gasteiger partial charge in [0.15, 0.2) is 0 Å². The van der Waals surface area contributed by atoms with Crippen molar-refractivity contribution in [2.75, 3.05) is 6.54 Å². The molecule has 1 unspecified atom stereocenters. The first-order valence-electron chi connectivity index (χ1n) is 11.3. The first-order valence-corrected chi connectivity index (χ1v) is 12.7. The molecule has 1 saturated heterocycles. The number of rotatable bonds is 6. The number of benzene rings is 2. The second kappa shape index (κ2) is 9.53. The van der Waals surface area contributed by atoms with Gasteiger partial charge >= 0.3 is 0 Å². The number of para-hydroxylation sites is 1. The Morgan fingerprint density at radius 1 is 1.19 bits per heavy atom. The molecule has 0 aliphatic carbocycles. The molecule has 8 nitrogen and oxygen atoms in total. The van der Waals surface area contributed by atoms with Gasteiger partial charge in [-0.2, -0.15) is 9.57 Å². The van der Waals surface area contributed by atoms with Crippen molar-refractivity contribution >= 4 is 26.9 Å². The molecule has 1 fully saturated rings. The average Bonchev–Trinajstić information content (AvgIpc) is 3.56. The molecule has 1 aliphatic rings. The van der Waals surface area contributed by atoms with Gasteiger partial charge in [0.2, 0.25) is 11.0 Å². The summed E-state index contributed by atoms with van der Waals surface area (Å²) in [4.78, 5) is 17.3. The summed E-state index contributed by atoms with van der Waals surface area (Å²) in [5, 5.41) is 12.2. The molecule has 2 aromatic heterocycles. The predicted molar refractivity (Wildman–Crippen MR) is 129 cm³/mol. The number of hydrogen-bond acceptors (Lipinski definition) is 6. The van der Waals surface area contributed by atoms with Crippen molar-refractivity contribution in [3.05, 3.63) is 83.8 Å². The van der Waals surface area contributed by atoms with E-state index in [9.17, 15) is 17.6 Å². The second-order valence-electron chi connectivity index (χ2n) is 8.45. The largest absolute Gasteiger partial charge is 0.443 e. The molecule has 1 aliphatic heterocycles. The minimum Gasteiger partial charge on any atom is -0.443 e. The van der Waals surface area contributed by atoms with Gasteiger partial charge < -0.3 is 9.73 Å². The maximum Gasteiger partial charge on any atom is 0.277 e. The summed E-state index contributed by atoms with van der Waals surface area (Å²) in [7, 11) is -3.99. The van der Waals surface area contributed by atoms with Gasteiger partial charge in [-0.3, -0.25) is 9.78 Å². The Bertz CT molecular complexity index is 1580. The topological polar surface area (TPSA) is 116 Å². The fourth-order valence-corrected chi connectivity index (χ4v) is 5.91. The van der Waals surface area contributed by atoms with E-state index in [1.165, 1.54) is 22.5 Å². The molecule has 1 amide bonds. The second-order valence-corrected chi connectivity index (χ2v) is 10.3. The average molecular weight is 505 g/mol. The summed E-state index contributed by atoms with van der Waals surface area (Å²) >= 11 is 0. The lowest BCUT2D eigenvalue weighted by molar-refractivity contribution is -0.124. The minimum absolute atomic E-state index is 0.0547. The number of fused-ring (bicyclic) bond motifs is 1. The zero-order valence-corrected chi connectivity index (χ0v) is 19.8. The smallest absolute Gasteiger partial charge is 0.277 e. The van der Waals surface area contributed by atoms with E-state index in [4.69, 9.17) is 9.68 Å². The molecule has 0 bridgehead atoms. The Balaban J connectivity index is 1.30. The molecular formula is C26H21FN4O4S. The van der Waals surface area contributed by atoms with Crippen LogP contribution in [0.25, 0.3) is 22.2 Å². The number of carbonyl (C=O) groups excluding carboxylic acids is 1. The van der Waals surface area contributed by atoms with Gasteiger partial charge in [-0.25, -0.2) is 12.8 Å². The van der Waals surface area contributed by atoms with E-state index < -0.39 is 27.8 Å². The van der Waals surface area contributed by atoms with Crippen molar-refractivity contribution in [1.82, 2.24) is 14.6 Å². The first kappa shape index (κ1) is 23.7. The highest BCUT2D eigenvalue weighted by atomic mass is 32.2. The number of sulfonamides is 1. The van der Waals surface area contributed by atoms with Crippen LogP contribution in [0.5, 0.6) is 0 Å². The van der Waals surface area contributed by atoms with Gasteiger partial charge in [-0.05, 0) is 48.7 Å². The van der Waals surface area contributed by atoms with Crippen LogP contribution in [0.1, 0.15) is 24.0 Å². The molecule has 10 heteroatoms. The van der Waals surface area contributed by atoms with E-state index in [1.807, 2.05) is 0 Å². The van der Waals surface area contributed by atoms with Crippen LogP contribution >= 0.6 is 0 Å². The molecule has 3 heterocycles. The van der Waals surface area contributed by atoms with Crippen molar-refractivity contribution in [2.45, 2.75) is 30.5 Å². The lowest BCUT2D eigenvalue weighted by atomic mass is 10.1. The molecule has 5 rings (SSSR count). The van der Waals surface area contributed by atoms with Crippen LogP contribution in [-0.4, -0.2) is 36.2 Å². The van der Waals surface area contributed by atoms with Gasteiger partial charge in [0.1, 0.15) is 23.5 Å². The Kier molecular flexibility index (Phi) is 6.26. The fourth-order valence-electron chi connectivity index (χ4n) is 4.30. The molecule has 4 aromatic rings. The molecule has 1 N–H and O–H groups in total. The van der Waals surface area contributed by atoms with Crippen molar-refractivity contribution < 1.29 is 22.0 Å². The van der Waals surface area contributed by atoms with Crippen LogP contribution in [0.15, 0.2) is 76.4 Å². The Morgan fingerprint density at radius 2 is 2.03 bits per heavy atom. The number of nitrogens with zero attached hydrogens (tertiary/aromatic N) is 3. The van der Waals surface area contributed by atoms with E-state index in [0.29, 0.717) is 40.6 Å². The van der Waals surface area contributed by atoms with Gasteiger partial charge in [0.05, 0.1) is 11.3 Å². The standard InChI is InChI=1S/C26H21FN4O4S/c27-21-13-18(7-8-20(21)15-28)22-12-17(9-10-29-22)16-30-26(32)23-5-3-11-31(23)36(33,34)25-14-19-4-1-2-6-24(19)35-25/h1-2,4,6-10,12-14,23H,3,5,11,16H2,(H,30,32). The third kappa shape index (κ3) is 4.46. The normalized spacial score (nSPS) is 16.2. The quantitative estimate of drug-likeness (QED) is 0.425. The van der Waals surface area contributed by atoms with Crippen molar-refractivity contribution in [3.8, 4) is 17.3 Å². The van der Waals surface area contributed by atoms with E-state index in [1.54, 1.807) is 54.7 Å². The number of halogens is 1. The van der Waals surface area contributed by atoms with Crippen molar-refractivity contribution in [1.29, 1.82) is 5.26 Å². The van der Waals surface area contributed by atoms with Crippen LogP contribution in [-0.2, 0) is 21.4 Å². The summed E-state index contributed by atoms with van der Waals surface area (Å²) in [6.07, 6.45) is 2.50. The molecule has 0 saturated carbocycles. The van der Waals surface area contributed by atoms with Crippen LogP contribution < -0.4 is 5.32 Å². The van der Waals surface area contributed by atoms with Crippen LogP contribution in [0.3, 0.4) is 0 Å². The molecule has 36 heavy (non-hydrogen) atoms. The third-order valence-electron chi connectivity index (χ3n) is 6.15. The molecular weight excluding hydrogens is 483 g/mol. The maximum atomic E-state index is 14.0. The van der Waals surface area contributed by atoms with Gasteiger partial charge in [-0.15, -0.1) is 0 Å². The van der Waals surface area contributed by atoms with Gasteiger partial charge in [0, 0.05) is 36.3 Å². The van der Waals surface area contributed by atoms with E-state index in [-0.39, 0.29) is 23.7 Å². The number of amides is 1.